The minimum atomic E-state index is -3.25. The molecule has 0 radical (unpaired) electrons. The van der Waals surface area contributed by atoms with Crippen LogP contribution in [0, 0.1) is 4.77 Å². The fourth-order valence-electron chi connectivity index (χ4n) is 3.04. The predicted octanol–water partition coefficient (Wildman–Crippen LogP) is 1.77. The number of piperidine rings is 1. The van der Waals surface area contributed by atoms with Gasteiger partial charge in [-0.3, -0.25) is 14.5 Å². The zero-order valence-corrected chi connectivity index (χ0v) is 17.0. The van der Waals surface area contributed by atoms with E-state index in [0.717, 1.165) is 17.7 Å². The molecule has 2 unspecified atom stereocenters. The van der Waals surface area contributed by atoms with E-state index in [1.54, 1.807) is 11.5 Å². The van der Waals surface area contributed by atoms with Crippen LogP contribution in [-0.4, -0.2) is 58.8 Å². The summed E-state index contributed by atoms with van der Waals surface area (Å²) >= 11 is 6.81. The summed E-state index contributed by atoms with van der Waals surface area (Å²) in [5, 5.41) is 11.9. The Balaban J connectivity index is 1.75. The van der Waals surface area contributed by atoms with Crippen LogP contribution in [0.25, 0.3) is 10.7 Å². The number of aromatic amines is 1. The molecule has 2 aromatic heterocycles. The molecule has 0 aliphatic carbocycles. The molecule has 1 saturated heterocycles. The van der Waals surface area contributed by atoms with E-state index in [1.807, 2.05) is 17.5 Å². The first-order valence-electron chi connectivity index (χ1n) is 8.23. The number of carbonyl (C=O) groups excluding carboxylic acids is 1. The van der Waals surface area contributed by atoms with Crippen molar-refractivity contribution in [1.82, 2.24) is 24.4 Å². The van der Waals surface area contributed by atoms with E-state index >= 15 is 0 Å². The summed E-state index contributed by atoms with van der Waals surface area (Å²) < 4.78 is 27.0. The Kier molecular flexibility index (Phi) is 5.61. The van der Waals surface area contributed by atoms with Gasteiger partial charge in [0.15, 0.2) is 10.6 Å². The van der Waals surface area contributed by atoms with Crippen LogP contribution in [0.5, 0.6) is 0 Å². The van der Waals surface area contributed by atoms with Crippen LogP contribution in [0.1, 0.15) is 25.8 Å². The van der Waals surface area contributed by atoms with Crippen molar-refractivity contribution in [3.63, 3.8) is 0 Å². The first-order chi connectivity index (χ1) is 12.3. The largest absolute Gasteiger partial charge is 0.350 e. The lowest BCUT2D eigenvalue weighted by atomic mass is 10.1. The first kappa shape index (κ1) is 19.2. The lowest BCUT2D eigenvalue weighted by molar-refractivity contribution is -0.124. The third kappa shape index (κ3) is 4.05. The average molecular weight is 416 g/mol. The van der Waals surface area contributed by atoms with Crippen LogP contribution < -0.4 is 5.32 Å². The smallest absolute Gasteiger partial charge is 0.243 e. The van der Waals surface area contributed by atoms with Gasteiger partial charge < -0.3 is 5.32 Å². The first-order valence-corrected chi connectivity index (χ1v) is 11.4. The highest BCUT2D eigenvalue weighted by molar-refractivity contribution is 7.88. The van der Waals surface area contributed by atoms with Gasteiger partial charge in [-0.05, 0) is 43.4 Å². The standard InChI is InChI=1S/C15H21N5O3S3/c1-10(20-13(17-18-15(20)24)12-6-4-8-25-12)14(21)16-11-5-3-7-19(9-11)26(2,22)23/h4,6,8,10-11H,3,5,7,9H2,1-2H3,(H,16,21)(H,18,24). The number of aromatic nitrogens is 3. The molecule has 26 heavy (non-hydrogen) atoms. The molecule has 8 nitrogen and oxygen atoms in total. The molecule has 2 N–H and O–H groups in total. The van der Waals surface area contributed by atoms with Gasteiger partial charge in [-0.15, -0.1) is 11.3 Å². The van der Waals surface area contributed by atoms with Crippen LogP contribution >= 0.6 is 23.6 Å². The van der Waals surface area contributed by atoms with Gasteiger partial charge >= 0.3 is 0 Å². The molecule has 2 aromatic rings. The van der Waals surface area contributed by atoms with Crippen molar-refractivity contribution < 1.29 is 13.2 Å². The number of hydrogen-bond donors (Lipinski definition) is 2. The summed E-state index contributed by atoms with van der Waals surface area (Å²) in [6, 6.07) is 3.06. The molecule has 0 aromatic carbocycles. The summed E-state index contributed by atoms with van der Waals surface area (Å²) in [5.41, 5.74) is 0. The van der Waals surface area contributed by atoms with Crippen molar-refractivity contribution in [2.24, 2.45) is 0 Å². The zero-order chi connectivity index (χ0) is 18.9. The zero-order valence-electron chi connectivity index (χ0n) is 14.5. The number of rotatable bonds is 5. The Bertz CT molecular complexity index is 932. The topological polar surface area (TPSA) is 100 Å². The average Bonchev–Trinajstić information content (AvgIpc) is 3.23. The van der Waals surface area contributed by atoms with E-state index in [4.69, 9.17) is 12.2 Å². The number of nitrogens with zero attached hydrogens (tertiary/aromatic N) is 3. The molecular formula is C15H21N5O3S3. The molecule has 3 heterocycles. The minimum absolute atomic E-state index is 0.208. The number of H-pyrrole nitrogens is 1. The van der Waals surface area contributed by atoms with E-state index in [0.29, 0.717) is 23.7 Å². The fraction of sp³-hybridized carbons (Fsp3) is 0.533. The number of amides is 1. The van der Waals surface area contributed by atoms with Crippen LogP contribution in [0.2, 0.25) is 0 Å². The highest BCUT2D eigenvalue weighted by atomic mass is 32.2. The molecule has 1 aliphatic heterocycles. The van der Waals surface area contributed by atoms with E-state index in [2.05, 4.69) is 15.5 Å². The second-order valence-corrected chi connectivity index (χ2v) is 9.66. The Hall–Kier alpha value is -1.56. The Morgan fingerprint density at radius 2 is 2.31 bits per heavy atom. The molecule has 1 aliphatic rings. The number of thiophene rings is 1. The van der Waals surface area contributed by atoms with Crippen LogP contribution in [0.4, 0.5) is 0 Å². The van der Waals surface area contributed by atoms with Crippen molar-refractivity contribution in [2.45, 2.75) is 31.8 Å². The highest BCUT2D eigenvalue weighted by Crippen LogP contribution is 2.25. The number of carbonyl (C=O) groups is 1. The minimum Gasteiger partial charge on any atom is -0.350 e. The van der Waals surface area contributed by atoms with Gasteiger partial charge in [0.25, 0.3) is 0 Å². The van der Waals surface area contributed by atoms with Crippen molar-refractivity contribution in [2.75, 3.05) is 19.3 Å². The molecule has 0 bridgehead atoms. The monoisotopic (exact) mass is 415 g/mol. The molecule has 0 spiro atoms. The van der Waals surface area contributed by atoms with Crippen molar-refractivity contribution in [3.05, 3.63) is 22.3 Å². The van der Waals surface area contributed by atoms with Gasteiger partial charge in [0, 0.05) is 19.1 Å². The van der Waals surface area contributed by atoms with E-state index in [9.17, 15) is 13.2 Å². The molecule has 0 saturated carbocycles. The third-order valence-corrected chi connectivity index (χ3v) is 6.84. The molecule has 1 fully saturated rings. The Labute approximate surface area is 161 Å². The quantitative estimate of drug-likeness (QED) is 0.725. The predicted molar refractivity (Wildman–Crippen MR) is 103 cm³/mol. The maximum Gasteiger partial charge on any atom is 0.243 e. The van der Waals surface area contributed by atoms with Gasteiger partial charge in [0.1, 0.15) is 6.04 Å². The summed E-state index contributed by atoms with van der Waals surface area (Å²) in [5.74, 6) is 0.412. The molecular weight excluding hydrogens is 394 g/mol. The third-order valence-electron chi connectivity index (χ3n) is 4.41. The maximum atomic E-state index is 12.8. The van der Waals surface area contributed by atoms with Gasteiger partial charge in [-0.2, -0.15) is 5.10 Å². The van der Waals surface area contributed by atoms with Gasteiger partial charge in [0.05, 0.1) is 11.1 Å². The van der Waals surface area contributed by atoms with E-state index < -0.39 is 16.1 Å². The summed E-state index contributed by atoms with van der Waals surface area (Å²) in [6.45, 7) is 2.55. The Morgan fingerprint density at radius 3 is 2.96 bits per heavy atom. The number of nitrogens with one attached hydrogen (secondary N) is 2. The van der Waals surface area contributed by atoms with Crippen molar-refractivity contribution in [1.29, 1.82) is 0 Å². The SMILES string of the molecule is CC(C(=O)NC1CCCN(S(C)(=O)=O)C1)n1c(-c2cccs2)n[nH]c1=S. The maximum absolute atomic E-state index is 12.8. The molecule has 1 amide bonds. The van der Waals surface area contributed by atoms with Crippen LogP contribution in [0.3, 0.4) is 0 Å². The van der Waals surface area contributed by atoms with Crippen molar-refractivity contribution in [3.8, 4) is 10.7 Å². The van der Waals surface area contributed by atoms with Crippen molar-refractivity contribution >= 4 is 39.5 Å². The summed E-state index contributed by atoms with van der Waals surface area (Å²) in [7, 11) is -3.25. The summed E-state index contributed by atoms with van der Waals surface area (Å²) in [6.07, 6.45) is 2.66. The van der Waals surface area contributed by atoms with Crippen LogP contribution in [-0.2, 0) is 14.8 Å². The lowest BCUT2D eigenvalue weighted by Gasteiger charge is -2.32. The molecule has 3 rings (SSSR count). The molecule has 2 atom stereocenters. The molecule has 11 heteroatoms. The number of hydrogen-bond acceptors (Lipinski definition) is 6. The van der Waals surface area contributed by atoms with Crippen LogP contribution in [0.15, 0.2) is 17.5 Å². The second kappa shape index (κ2) is 7.59. The number of sulfonamides is 1. The van der Waals surface area contributed by atoms with E-state index in [-0.39, 0.29) is 11.9 Å². The summed E-state index contributed by atoms with van der Waals surface area (Å²) in [4.78, 5) is 13.7. The van der Waals surface area contributed by atoms with Gasteiger partial charge in [0.2, 0.25) is 15.9 Å². The Morgan fingerprint density at radius 1 is 1.54 bits per heavy atom. The second-order valence-electron chi connectivity index (χ2n) is 6.34. The van der Waals surface area contributed by atoms with E-state index in [1.165, 1.54) is 21.9 Å². The van der Waals surface area contributed by atoms with Gasteiger partial charge in [-0.25, -0.2) is 12.7 Å². The normalized spacial score (nSPS) is 20.0. The molecule has 142 valence electrons. The van der Waals surface area contributed by atoms with Gasteiger partial charge in [-0.1, -0.05) is 6.07 Å². The highest BCUT2D eigenvalue weighted by Gasteiger charge is 2.29. The lowest BCUT2D eigenvalue weighted by Crippen LogP contribution is -2.50. The fourth-order valence-corrected chi connectivity index (χ4v) is 4.96.